The van der Waals surface area contributed by atoms with Crippen molar-refractivity contribution in [3.8, 4) is 5.75 Å². The fourth-order valence-corrected chi connectivity index (χ4v) is 1.89. The van der Waals surface area contributed by atoms with Crippen LogP contribution < -0.4 is 10.1 Å². The third-order valence-corrected chi connectivity index (χ3v) is 3.53. The molecule has 1 aromatic heterocycles. The Morgan fingerprint density at radius 1 is 1.33 bits per heavy atom. The zero-order valence-corrected chi connectivity index (χ0v) is 12.0. The van der Waals surface area contributed by atoms with Gasteiger partial charge in [-0.2, -0.15) is 0 Å². The van der Waals surface area contributed by atoms with Gasteiger partial charge in [-0.1, -0.05) is 18.2 Å². The van der Waals surface area contributed by atoms with Crippen molar-refractivity contribution in [3.63, 3.8) is 0 Å². The molecule has 0 spiro atoms. The first kappa shape index (κ1) is 12.9. The van der Waals surface area contributed by atoms with Gasteiger partial charge in [0.1, 0.15) is 11.6 Å². The lowest BCUT2D eigenvalue weighted by molar-refractivity contribution is 0.410. The summed E-state index contributed by atoms with van der Waals surface area (Å²) < 4.78 is 6.33. The predicted molar refractivity (Wildman–Crippen MR) is 77.0 cm³/mol. The molecule has 0 saturated carbocycles. The van der Waals surface area contributed by atoms with Gasteiger partial charge in [0.05, 0.1) is 7.11 Å². The molecule has 1 aromatic carbocycles. The maximum atomic E-state index is 5.31. The summed E-state index contributed by atoms with van der Waals surface area (Å²) in [6.07, 6.45) is 1.81. The number of para-hydroxylation sites is 1. The Morgan fingerprint density at radius 3 is 2.83 bits per heavy atom. The molecule has 0 unspecified atom stereocenters. The van der Waals surface area contributed by atoms with Crippen LogP contribution in [-0.4, -0.2) is 12.1 Å². The maximum absolute atomic E-state index is 5.31. The minimum absolute atomic E-state index is 0.693. The van der Waals surface area contributed by atoms with Gasteiger partial charge in [0.15, 0.2) is 0 Å². The van der Waals surface area contributed by atoms with Crippen LogP contribution in [0, 0.1) is 6.92 Å². The smallest absolute Gasteiger partial charge is 0.126 e. The van der Waals surface area contributed by atoms with Gasteiger partial charge in [0, 0.05) is 22.8 Å². The van der Waals surface area contributed by atoms with Crippen LogP contribution in [0.25, 0.3) is 0 Å². The molecule has 3 nitrogen and oxygen atoms in total. The van der Waals surface area contributed by atoms with E-state index in [2.05, 4.69) is 26.2 Å². The molecular weight excluding hydrogens is 292 g/mol. The van der Waals surface area contributed by atoms with Crippen LogP contribution in [0.1, 0.15) is 11.1 Å². The third kappa shape index (κ3) is 3.01. The van der Waals surface area contributed by atoms with Crippen molar-refractivity contribution in [1.29, 1.82) is 0 Å². The Morgan fingerprint density at radius 2 is 2.11 bits per heavy atom. The van der Waals surface area contributed by atoms with Crippen molar-refractivity contribution in [2.75, 3.05) is 12.4 Å². The number of nitrogens with one attached hydrogen (secondary N) is 1. The molecule has 1 heterocycles. The summed E-state index contributed by atoms with van der Waals surface area (Å²) in [6, 6.07) is 9.97. The van der Waals surface area contributed by atoms with Gasteiger partial charge in [0.25, 0.3) is 0 Å². The molecule has 0 aliphatic carbocycles. The van der Waals surface area contributed by atoms with E-state index in [0.717, 1.165) is 27.2 Å². The van der Waals surface area contributed by atoms with Crippen LogP contribution in [0.15, 0.2) is 41.0 Å². The quantitative estimate of drug-likeness (QED) is 0.933. The molecule has 4 heteroatoms. The first-order valence-corrected chi connectivity index (χ1v) is 6.48. The first-order valence-electron chi connectivity index (χ1n) is 5.68. The number of hydrogen-bond donors (Lipinski definition) is 1. The first-order chi connectivity index (χ1) is 8.70. The summed E-state index contributed by atoms with van der Waals surface area (Å²) in [5, 5.41) is 3.29. The second-order valence-electron chi connectivity index (χ2n) is 3.98. The SMILES string of the molecule is COc1ccccc1CNc1cc(C)c(Br)cn1. The molecule has 0 saturated heterocycles. The van der Waals surface area contributed by atoms with Crippen LogP contribution in [0.2, 0.25) is 0 Å². The second kappa shape index (κ2) is 5.87. The molecule has 94 valence electrons. The number of nitrogens with zero attached hydrogens (tertiary/aromatic N) is 1. The third-order valence-electron chi connectivity index (χ3n) is 2.70. The number of hydrogen-bond acceptors (Lipinski definition) is 3. The Kier molecular flexibility index (Phi) is 4.20. The molecule has 2 rings (SSSR count). The van der Waals surface area contributed by atoms with Crippen LogP contribution in [0.4, 0.5) is 5.82 Å². The number of aromatic nitrogens is 1. The Balaban J connectivity index is 2.09. The fourth-order valence-electron chi connectivity index (χ4n) is 1.67. The van der Waals surface area contributed by atoms with E-state index in [4.69, 9.17) is 4.74 Å². The Labute approximate surface area is 115 Å². The highest BCUT2D eigenvalue weighted by Crippen LogP contribution is 2.20. The van der Waals surface area contributed by atoms with Crippen molar-refractivity contribution in [2.24, 2.45) is 0 Å². The minimum atomic E-state index is 0.693. The summed E-state index contributed by atoms with van der Waals surface area (Å²) in [5.41, 5.74) is 2.27. The normalized spacial score (nSPS) is 10.2. The van der Waals surface area contributed by atoms with Crippen LogP contribution in [0.3, 0.4) is 0 Å². The number of benzene rings is 1. The van der Waals surface area contributed by atoms with Crippen molar-refractivity contribution in [3.05, 3.63) is 52.1 Å². The van der Waals surface area contributed by atoms with E-state index in [-0.39, 0.29) is 0 Å². The van der Waals surface area contributed by atoms with E-state index in [9.17, 15) is 0 Å². The van der Waals surface area contributed by atoms with E-state index < -0.39 is 0 Å². The summed E-state index contributed by atoms with van der Waals surface area (Å²) >= 11 is 3.44. The largest absolute Gasteiger partial charge is 0.496 e. The highest BCUT2D eigenvalue weighted by molar-refractivity contribution is 9.10. The Hall–Kier alpha value is -1.55. The Bertz CT molecular complexity index is 543. The number of halogens is 1. The molecule has 0 atom stereocenters. The molecule has 0 bridgehead atoms. The van der Waals surface area contributed by atoms with E-state index in [1.165, 1.54) is 0 Å². The molecule has 0 radical (unpaired) electrons. The topological polar surface area (TPSA) is 34.1 Å². The van der Waals surface area contributed by atoms with Gasteiger partial charge in [-0.3, -0.25) is 0 Å². The maximum Gasteiger partial charge on any atom is 0.126 e. The van der Waals surface area contributed by atoms with Crippen molar-refractivity contribution in [1.82, 2.24) is 4.98 Å². The standard InChI is InChI=1S/C14H15BrN2O/c1-10-7-14(17-9-12(10)15)16-8-11-5-3-4-6-13(11)18-2/h3-7,9H,8H2,1-2H3,(H,16,17). The van der Waals surface area contributed by atoms with Crippen LogP contribution in [-0.2, 0) is 6.54 Å². The van der Waals surface area contributed by atoms with Crippen LogP contribution >= 0.6 is 15.9 Å². The molecular formula is C14H15BrN2O. The van der Waals surface area contributed by atoms with Gasteiger partial charge in [0.2, 0.25) is 0 Å². The molecule has 2 aromatic rings. The molecule has 0 aliphatic rings. The zero-order chi connectivity index (χ0) is 13.0. The van der Waals surface area contributed by atoms with E-state index in [0.29, 0.717) is 6.54 Å². The number of anilines is 1. The second-order valence-corrected chi connectivity index (χ2v) is 4.84. The minimum Gasteiger partial charge on any atom is -0.496 e. The molecule has 0 aliphatic heterocycles. The van der Waals surface area contributed by atoms with Gasteiger partial charge >= 0.3 is 0 Å². The zero-order valence-electron chi connectivity index (χ0n) is 10.4. The average Bonchev–Trinajstić information content (AvgIpc) is 2.40. The highest BCUT2D eigenvalue weighted by atomic mass is 79.9. The fraction of sp³-hybridized carbons (Fsp3) is 0.214. The van der Waals surface area contributed by atoms with Crippen molar-refractivity contribution >= 4 is 21.7 Å². The molecule has 1 N–H and O–H groups in total. The highest BCUT2D eigenvalue weighted by Gasteiger charge is 2.02. The lowest BCUT2D eigenvalue weighted by Crippen LogP contribution is -2.03. The summed E-state index contributed by atoms with van der Waals surface area (Å²) in [6.45, 7) is 2.73. The van der Waals surface area contributed by atoms with E-state index in [1.807, 2.05) is 37.3 Å². The van der Waals surface area contributed by atoms with Crippen molar-refractivity contribution < 1.29 is 4.74 Å². The van der Waals surface area contributed by atoms with Crippen LogP contribution in [0.5, 0.6) is 5.75 Å². The number of ether oxygens (including phenoxy) is 1. The summed E-state index contributed by atoms with van der Waals surface area (Å²) in [7, 11) is 1.68. The van der Waals surface area contributed by atoms with Gasteiger partial charge in [-0.15, -0.1) is 0 Å². The lowest BCUT2D eigenvalue weighted by Gasteiger charge is -2.10. The van der Waals surface area contributed by atoms with Gasteiger partial charge < -0.3 is 10.1 Å². The summed E-state index contributed by atoms with van der Waals surface area (Å²) in [4.78, 5) is 4.31. The number of pyridine rings is 1. The van der Waals surface area contributed by atoms with Gasteiger partial charge in [-0.25, -0.2) is 4.98 Å². The summed E-state index contributed by atoms with van der Waals surface area (Å²) in [5.74, 6) is 1.75. The van der Waals surface area contributed by atoms with Gasteiger partial charge in [-0.05, 0) is 40.5 Å². The molecule has 18 heavy (non-hydrogen) atoms. The number of methoxy groups -OCH3 is 1. The molecule has 0 fully saturated rings. The van der Waals surface area contributed by atoms with Crippen molar-refractivity contribution in [2.45, 2.75) is 13.5 Å². The predicted octanol–water partition coefficient (Wildman–Crippen LogP) is 3.77. The monoisotopic (exact) mass is 306 g/mol. The van der Waals surface area contributed by atoms with E-state index >= 15 is 0 Å². The number of rotatable bonds is 4. The lowest BCUT2D eigenvalue weighted by atomic mass is 10.2. The number of aryl methyl sites for hydroxylation is 1. The van der Waals surface area contributed by atoms with E-state index in [1.54, 1.807) is 13.3 Å². The average molecular weight is 307 g/mol. The molecule has 0 amide bonds.